The van der Waals surface area contributed by atoms with Crippen LogP contribution >= 0.6 is 11.6 Å². The molecule has 1 atom stereocenters. The number of benzene rings is 1. The number of halogens is 1. The maximum atomic E-state index is 12.3. The molecule has 2 nitrogen and oxygen atoms in total. The van der Waals surface area contributed by atoms with Crippen LogP contribution in [0.15, 0.2) is 24.3 Å². The summed E-state index contributed by atoms with van der Waals surface area (Å²) in [7, 11) is 0. The Balaban J connectivity index is 2.06. The number of carbonyl (C=O) groups is 1. The highest BCUT2D eigenvalue weighted by atomic mass is 35.5. The SMILES string of the molecule is Cc1ccc(C(=O)N2CCCC(CCl)C2)cc1. The summed E-state index contributed by atoms with van der Waals surface area (Å²) >= 11 is 5.88. The summed E-state index contributed by atoms with van der Waals surface area (Å²) in [6, 6.07) is 7.77. The molecule has 1 aromatic rings. The van der Waals surface area contributed by atoms with Crippen LogP contribution in [0, 0.1) is 12.8 Å². The molecular formula is C14H18ClNO. The molecule has 1 aliphatic rings. The van der Waals surface area contributed by atoms with Gasteiger partial charge in [-0.1, -0.05) is 17.7 Å². The molecule has 1 aliphatic heterocycles. The fourth-order valence-electron chi connectivity index (χ4n) is 2.25. The van der Waals surface area contributed by atoms with E-state index in [0.29, 0.717) is 11.8 Å². The number of amides is 1. The van der Waals surface area contributed by atoms with Crippen LogP contribution in [-0.2, 0) is 0 Å². The monoisotopic (exact) mass is 251 g/mol. The number of likely N-dealkylation sites (tertiary alicyclic amines) is 1. The summed E-state index contributed by atoms with van der Waals surface area (Å²) in [6.45, 7) is 3.69. The molecule has 1 unspecified atom stereocenters. The Bertz CT molecular complexity index is 388. The summed E-state index contributed by atoms with van der Waals surface area (Å²) in [5.74, 6) is 1.25. The number of piperidine rings is 1. The lowest BCUT2D eigenvalue weighted by Crippen LogP contribution is -2.40. The maximum absolute atomic E-state index is 12.3. The highest BCUT2D eigenvalue weighted by Crippen LogP contribution is 2.19. The van der Waals surface area contributed by atoms with Gasteiger partial charge in [-0.3, -0.25) is 4.79 Å². The van der Waals surface area contributed by atoms with Gasteiger partial charge in [0.1, 0.15) is 0 Å². The van der Waals surface area contributed by atoms with Crippen molar-refractivity contribution in [3.63, 3.8) is 0 Å². The van der Waals surface area contributed by atoms with Crippen molar-refractivity contribution in [1.29, 1.82) is 0 Å². The Kier molecular flexibility index (Phi) is 4.06. The Morgan fingerprint density at radius 3 is 2.76 bits per heavy atom. The van der Waals surface area contributed by atoms with E-state index in [-0.39, 0.29) is 5.91 Å². The third-order valence-electron chi connectivity index (χ3n) is 3.32. The first-order valence-electron chi connectivity index (χ1n) is 6.12. The van der Waals surface area contributed by atoms with Crippen LogP contribution in [0.2, 0.25) is 0 Å². The molecule has 0 aliphatic carbocycles. The number of hydrogen-bond acceptors (Lipinski definition) is 1. The topological polar surface area (TPSA) is 20.3 Å². The second-order valence-corrected chi connectivity index (χ2v) is 5.09. The molecule has 0 spiro atoms. The van der Waals surface area contributed by atoms with E-state index >= 15 is 0 Å². The molecule has 0 aromatic heterocycles. The van der Waals surface area contributed by atoms with E-state index in [0.717, 1.165) is 31.5 Å². The zero-order valence-electron chi connectivity index (χ0n) is 10.2. The molecule has 3 heteroatoms. The minimum atomic E-state index is 0.139. The highest BCUT2D eigenvalue weighted by molar-refractivity contribution is 6.18. The van der Waals surface area contributed by atoms with Gasteiger partial charge in [0.05, 0.1) is 0 Å². The molecule has 1 aromatic carbocycles. The van der Waals surface area contributed by atoms with Crippen molar-refractivity contribution < 1.29 is 4.79 Å². The lowest BCUT2D eigenvalue weighted by molar-refractivity contribution is 0.0685. The van der Waals surface area contributed by atoms with Crippen molar-refractivity contribution in [3.05, 3.63) is 35.4 Å². The van der Waals surface area contributed by atoms with Crippen LogP contribution in [-0.4, -0.2) is 29.8 Å². The Morgan fingerprint density at radius 1 is 1.41 bits per heavy atom. The van der Waals surface area contributed by atoms with Crippen LogP contribution in [0.4, 0.5) is 0 Å². The fraction of sp³-hybridized carbons (Fsp3) is 0.500. The van der Waals surface area contributed by atoms with Crippen molar-refractivity contribution in [2.24, 2.45) is 5.92 Å². The first-order valence-corrected chi connectivity index (χ1v) is 6.66. The van der Waals surface area contributed by atoms with Gasteiger partial charge in [0, 0.05) is 24.5 Å². The molecular weight excluding hydrogens is 234 g/mol. The normalized spacial score (nSPS) is 20.4. The first kappa shape index (κ1) is 12.4. The van der Waals surface area contributed by atoms with E-state index in [1.54, 1.807) is 0 Å². The van der Waals surface area contributed by atoms with Crippen molar-refractivity contribution >= 4 is 17.5 Å². The van der Waals surface area contributed by atoms with Gasteiger partial charge in [0.15, 0.2) is 0 Å². The van der Waals surface area contributed by atoms with Crippen molar-refractivity contribution in [2.75, 3.05) is 19.0 Å². The Labute approximate surface area is 108 Å². The minimum Gasteiger partial charge on any atom is -0.338 e. The van der Waals surface area contributed by atoms with Crippen molar-refractivity contribution in [2.45, 2.75) is 19.8 Å². The van der Waals surface area contributed by atoms with Gasteiger partial charge in [-0.05, 0) is 37.8 Å². The molecule has 0 bridgehead atoms. The average Bonchev–Trinajstić information content (AvgIpc) is 2.39. The standard InChI is InChI=1S/C14H18ClNO/c1-11-4-6-13(7-5-11)14(17)16-8-2-3-12(9-15)10-16/h4-7,12H,2-3,8-10H2,1H3. The second kappa shape index (κ2) is 5.54. The molecule has 17 heavy (non-hydrogen) atoms. The smallest absolute Gasteiger partial charge is 0.253 e. The Hall–Kier alpha value is -1.02. The quantitative estimate of drug-likeness (QED) is 0.740. The maximum Gasteiger partial charge on any atom is 0.253 e. The molecule has 1 saturated heterocycles. The third-order valence-corrected chi connectivity index (χ3v) is 3.76. The fourth-order valence-corrected chi connectivity index (χ4v) is 2.51. The van der Waals surface area contributed by atoms with Crippen LogP contribution in [0.25, 0.3) is 0 Å². The number of nitrogens with zero attached hydrogens (tertiary/aromatic N) is 1. The Morgan fingerprint density at radius 2 is 2.12 bits per heavy atom. The first-order chi connectivity index (χ1) is 8.20. The number of rotatable bonds is 2. The largest absolute Gasteiger partial charge is 0.338 e. The number of hydrogen-bond donors (Lipinski definition) is 0. The van der Waals surface area contributed by atoms with Crippen molar-refractivity contribution in [1.82, 2.24) is 4.90 Å². The van der Waals surface area contributed by atoms with E-state index < -0.39 is 0 Å². The summed E-state index contributed by atoms with van der Waals surface area (Å²) in [5.41, 5.74) is 1.96. The molecule has 1 amide bonds. The average molecular weight is 252 g/mol. The van der Waals surface area contributed by atoms with Gasteiger partial charge in [-0.15, -0.1) is 11.6 Å². The van der Waals surface area contributed by atoms with Gasteiger partial charge in [-0.25, -0.2) is 0 Å². The summed E-state index contributed by atoms with van der Waals surface area (Å²) in [6.07, 6.45) is 2.20. The lowest BCUT2D eigenvalue weighted by Gasteiger charge is -2.31. The van der Waals surface area contributed by atoms with Gasteiger partial charge < -0.3 is 4.90 Å². The van der Waals surface area contributed by atoms with Gasteiger partial charge in [0.2, 0.25) is 0 Å². The number of aryl methyl sites for hydroxylation is 1. The molecule has 92 valence electrons. The molecule has 0 radical (unpaired) electrons. The summed E-state index contributed by atoms with van der Waals surface area (Å²) in [4.78, 5) is 14.2. The predicted molar refractivity (Wildman–Crippen MR) is 70.5 cm³/mol. The zero-order chi connectivity index (χ0) is 12.3. The second-order valence-electron chi connectivity index (χ2n) is 4.78. The molecule has 0 N–H and O–H groups in total. The van der Waals surface area contributed by atoms with E-state index in [1.807, 2.05) is 36.1 Å². The van der Waals surface area contributed by atoms with E-state index in [4.69, 9.17) is 11.6 Å². The van der Waals surface area contributed by atoms with Gasteiger partial charge >= 0.3 is 0 Å². The highest BCUT2D eigenvalue weighted by Gasteiger charge is 2.23. The number of carbonyl (C=O) groups excluding carboxylic acids is 1. The molecule has 1 heterocycles. The lowest BCUT2D eigenvalue weighted by atomic mass is 9.99. The molecule has 0 saturated carbocycles. The van der Waals surface area contributed by atoms with E-state index in [9.17, 15) is 4.79 Å². The van der Waals surface area contributed by atoms with Crippen LogP contribution in [0.3, 0.4) is 0 Å². The van der Waals surface area contributed by atoms with Crippen molar-refractivity contribution in [3.8, 4) is 0 Å². The van der Waals surface area contributed by atoms with Crippen LogP contribution in [0.5, 0.6) is 0 Å². The minimum absolute atomic E-state index is 0.139. The van der Waals surface area contributed by atoms with Crippen LogP contribution < -0.4 is 0 Å². The molecule has 2 rings (SSSR count). The molecule has 1 fully saturated rings. The third kappa shape index (κ3) is 3.01. The van der Waals surface area contributed by atoms with E-state index in [1.165, 1.54) is 5.56 Å². The zero-order valence-corrected chi connectivity index (χ0v) is 10.9. The van der Waals surface area contributed by atoms with Gasteiger partial charge in [-0.2, -0.15) is 0 Å². The number of alkyl halides is 1. The summed E-state index contributed by atoms with van der Waals surface area (Å²) < 4.78 is 0. The van der Waals surface area contributed by atoms with Crippen LogP contribution in [0.1, 0.15) is 28.8 Å². The van der Waals surface area contributed by atoms with E-state index in [2.05, 4.69) is 0 Å². The van der Waals surface area contributed by atoms with Gasteiger partial charge in [0.25, 0.3) is 5.91 Å². The predicted octanol–water partition coefficient (Wildman–Crippen LogP) is 3.09. The summed E-state index contributed by atoms with van der Waals surface area (Å²) in [5, 5.41) is 0.